The molecule has 1 aliphatic rings. The van der Waals surface area contributed by atoms with E-state index in [2.05, 4.69) is 4.90 Å². The van der Waals surface area contributed by atoms with E-state index in [9.17, 15) is 4.39 Å². The molecule has 17 heavy (non-hydrogen) atoms. The average molecular weight is 254 g/mol. The molecule has 1 heterocycles. The largest absolute Gasteiger partial charge is 0.370 e. The summed E-state index contributed by atoms with van der Waals surface area (Å²) in [5, 5.41) is 0. The molecule has 0 spiro atoms. The first-order valence-electron chi connectivity index (χ1n) is 6.04. The number of halogens is 1. The lowest BCUT2D eigenvalue weighted by atomic mass is 10.0. The Hall–Kier alpha value is -0.740. The zero-order valence-corrected chi connectivity index (χ0v) is 11.0. The van der Waals surface area contributed by atoms with Gasteiger partial charge < -0.3 is 10.6 Å². The van der Waals surface area contributed by atoms with Gasteiger partial charge in [-0.15, -0.1) is 0 Å². The average Bonchev–Trinajstić information content (AvgIpc) is 2.32. The van der Waals surface area contributed by atoms with E-state index in [1.54, 1.807) is 6.07 Å². The Bertz CT molecular complexity index is 376. The van der Waals surface area contributed by atoms with E-state index in [-0.39, 0.29) is 11.9 Å². The predicted octanol–water partition coefficient (Wildman–Crippen LogP) is 2.27. The molecule has 2 rings (SSSR count). The van der Waals surface area contributed by atoms with Crippen molar-refractivity contribution in [1.29, 1.82) is 0 Å². The lowest BCUT2D eigenvalue weighted by molar-refractivity contribution is 0.594. The van der Waals surface area contributed by atoms with Crippen LogP contribution in [0.4, 0.5) is 10.1 Å². The molecule has 1 unspecified atom stereocenters. The minimum absolute atomic E-state index is 0.00943. The molecule has 0 aromatic heterocycles. The lowest BCUT2D eigenvalue weighted by Crippen LogP contribution is -2.34. The van der Waals surface area contributed by atoms with Gasteiger partial charge in [0.2, 0.25) is 0 Å². The highest BCUT2D eigenvalue weighted by Gasteiger charge is 2.17. The molecule has 1 fully saturated rings. The number of rotatable bonds is 3. The van der Waals surface area contributed by atoms with Gasteiger partial charge in [0, 0.05) is 41.9 Å². The van der Waals surface area contributed by atoms with Crippen LogP contribution in [-0.4, -0.2) is 30.6 Å². The highest BCUT2D eigenvalue weighted by atomic mass is 32.2. The molecule has 1 aromatic rings. The summed E-state index contributed by atoms with van der Waals surface area (Å²) in [6, 6.07) is 5.32. The first-order chi connectivity index (χ1) is 8.18. The maximum absolute atomic E-state index is 13.9. The summed E-state index contributed by atoms with van der Waals surface area (Å²) in [4.78, 5) is 2.28. The molecular weight excluding hydrogens is 235 g/mol. The summed E-state index contributed by atoms with van der Waals surface area (Å²) in [5.74, 6) is 2.11. The van der Waals surface area contributed by atoms with Gasteiger partial charge in [0.15, 0.2) is 0 Å². The van der Waals surface area contributed by atoms with E-state index in [4.69, 9.17) is 5.73 Å². The van der Waals surface area contributed by atoms with Crippen LogP contribution in [0.5, 0.6) is 0 Å². The first kappa shape index (κ1) is 12.7. The molecule has 94 valence electrons. The van der Waals surface area contributed by atoms with Crippen molar-refractivity contribution in [2.75, 3.05) is 29.5 Å². The Labute approximate surface area is 106 Å². The molecule has 0 saturated carbocycles. The van der Waals surface area contributed by atoms with Crippen molar-refractivity contribution in [2.24, 2.45) is 5.73 Å². The van der Waals surface area contributed by atoms with Gasteiger partial charge in [-0.3, -0.25) is 0 Å². The van der Waals surface area contributed by atoms with Crippen LogP contribution in [0.15, 0.2) is 18.2 Å². The molecule has 0 bridgehead atoms. The van der Waals surface area contributed by atoms with Gasteiger partial charge in [-0.1, -0.05) is 6.07 Å². The molecule has 1 atom stereocenters. The molecular formula is C13H19FN2S. The van der Waals surface area contributed by atoms with Gasteiger partial charge in [0.25, 0.3) is 0 Å². The molecule has 1 aliphatic heterocycles. The quantitative estimate of drug-likeness (QED) is 0.897. The van der Waals surface area contributed by atoms with Crippen LogP contribution in [0, 0.1) is 5.82 Å². The molecule has 0 amide bonds. The standard InChI is InChI=1S/C13H19FN2S/c1-10(15)9-11-12(14)3-2-4-13(11)16-5-7-17-8-6-16/h2-4,10H,5-9,15H2,1H3. The van der Waals surface area contributed by atoms with Crippen molar-refractivity contribution in [1.82, 2.24) is 0 Å². The van der Waals surface area contributed by atoms with Crippen LogP contribution >= 0.6 is 11.8 Å². The lowest BCUT2D eigenvalue weighted by Gasteiger charge is -2.30. The molecule has 1 saturated heterocycles. The fourth-order valence-corrected chi connectivity index (χ4v) is 3.07. The minimum atomic E-state index is -0.127. The van der Waals surface area contributed by atoms with E-state index >= 15 is 0 Å². The Balaban J connectivity index is 2.27. The number of hydrogen-bond donors (Lipinski definition) is 1. The van der Waals surface area contributed by atoms with E-state index in [0.29, 0.717) is 6.42 Å². The van der Waals surface area contributed by atoms with Gasteiger partial charge in [-0.2, -0.15) is 11.8 Å². The smallest absolute Gasteiger partial charge is 0.128 e. The van der Waals surface area contributed by atoms with Crippen LogP contribution in [0.1, 0.15) is 12.5 Å². The van der Waals surface area contributed by atoms with Gasteiger partial charge in [-0.05, 0) is 25.5 Å². The maximum Gasteiger partial charge on any atom is 0.128 e. The monoisotopic (exact) mass is 254 g/mol. The fourth-order valence-electron chi connectivity index (χ4n) is 2.17. The van der Waals surface area contributed by atoms with Gasteiger partial charge >= 0.3 is 0 Å². The zero-order valence-electron chi connectivity index (χ0n) is 10.2. The molecule has 4 heteroatoms. The van der Waals surface area contributed by atoms with Crippen LogP contribution < -0.4 is 10.6 Å². The summed E-state index contributed by atoms with van der Waals surface area (Å²) in [7, 11) is 0. The molecule has 2 N–H and O–H groups in total. The normalized spacial score (nSPS) is 18.2. The Kier molecular flexibility index (Phi) is 4.29. The second-order valence-electron chi connectivity index (χ2n) is 4.52. The van der Waals surface area contributed by atoms with Crippen molar-refractivity contribution in [3.63, 3.8) is 0 Å². The predicted molar refractivity (Wildman–Crippen MR) is 73.3 cm³/mol. The summed E-state index contributed by atoms with van der Waals surface area (Å²) in [5.41, 5.74) is 7.61. The second-order valence-corrected chi connectivity index (χ2v) is 5.74. The van der Waals surface area contributed by atoms with Crippen molar-refractivity contribution in [3.8, 4) is 0 Å². The van der Waals surface area contributed by atoms with E-state index in [1.807, 2.05) is 24.8 Å². The molecule has 2 nitrogen and oxygen atoms in total. The van der Waals surface area contributed by atoms with Crippen molar-refractivity contribution in [2.45, 2.75) is 19.4 Å². The fraction of sp³-hybridized carbons (Fsp3) is 0.538. The minimum Gasteiger partial charge on any atom is -0.370 e. The van der Waals surface area contributed by atoms with E-state index in [0.717, 1.165) is 35.8 Å². The maximum atomic E-state index is 13.9. The molecule has 0 aliphatic carbocycles. The number of anilines is 1. The van der Waals surface area contributed by atoms with Gasteiger partial charge in [-0.25, -0.2) is 4.39 Å². The van der Waals surface area contributed by atoms with Crippen LogP contribution in [-0.2, 0) is 6.42 Å². The van der Waals surface area contributed by atoms with Gasteiger partial charge in [0.1, 0.15) is 5.82 Å². The topological polar surface area (TPSA) is 29.3 Å². The number of thioether (sulfide) groups is 1. The summed E-state index contributed by atoms with van der Waals surface area (Å²) < 4.78 is 13.9. The Morgan fingerprint density at radius 3 is 2.76 bits per heavy atom. The van der Waals surface area contributed by atoms with Gasteiger partial charge in [0.05, 0.1) is 0 Å². The first-order valence-corrected chi connectivity index (χ1v) is 7.19. The third-order valence-electron chi connectivity index (χ3n) is 2.97. The highest BCUT2D eigenvalue weighted by molar-refractivity contribution is 7.99. The highest BCUT2D eigenvalue weighted by Crippen LogP contribution is 2.26. The number of nitrogens with two attached hydrogens (primary N) is 1. The van der Waals surface area contributed by atoms with Crippen LogP contribution in [0.3, 0.4) is 0 Å². The van der Waals surface area contributed by atoms with Crippen molar-refractivity contribution >= 4 is 17.4 Å². The third kappa shape index (κ3) is 3.13. The Morgan fingerprint density at radius 1 is 1.41 bits per heavy atom. The second kappa shape index (κ2) is 5.74. The summed E-state index contributed by atoms with van der Waals surface area (Å²) in [6.45, 7) is 3.92. The van der Waals surface area contributed by atoms with Crippen LogP contribution in [0.25, 0.3) is 0 Å². The zero-order chi connectivity index (χ0) is 12.3. The third-order valence-corrected chi connectivity index (χ3v) is 3.91. The Morgan fingerprint density at radius 2 is 2.12 bits per heavy atom. The van der Waals surface area contributed by atoms with E-state index in [1.165, 1.54) is 6.07 Å². The SMILES string of the molecule is CC(N)Cc1c(F)cccc1N1CCSCC1. The van der Waals surface area contributed by atoms with Crippen molar-refractivity contribution < 1.29 is 4.39 Å². The van der Waals surface area contributed by atoms with E-state index < -0.39 is 0 Å². The number of benzene rings is 1. The molecule has 0 radical (unpaired) electrons. The summed E-state index contributed by atoms with van der Waals surface area (Å²) >= 11 is 1.96. The van der Waals surface area contributed by atoms with Crippen LogP contribution in [0.2, 0.25) is 0 Å². The summed E-state index contributed by atoms with van der Waals surface area (Å²) in [6.07, 6.45) is 0.603. The van der Waals surface area contributed by atoms with Crippen molar-refractivity contribution in [3.05, 3.63) is 29.6 Å². The number of hydrogen-bond acceptors (Lipinski definition) is 3. The molecule has 1 aromatic carbocycles. The number of nitrogens with zero attached hydrogens (tertiary/aromatic N) is 1.